The second-order valence-corrected chi connectivity index (χ2v) is 27.7. The molecule has 1 aromatic heterocycles. The Labute approximate surface area is 464 Å². The van der Waals surface area contributed by atoms with Crippen LogP contribution in [-0.2, 0) is 27.1 Å². The lowest BCUT2D eigenvalue weighted by Crippen LogP contribution is -2.61. The van der Waals surface area contributed by atoms with Crippen LogP contribution in [0.15, 0.2) is 182 Å². The van der Waals surface area contributed by atoms with E-state index in [-0.39, 0.29) is 33.8 Å². The average molecular weight is 1030 g/mol. The largest absolute Gasteiger partial charge is 0.311 e. The van der Waals surface area contributed by atoms with Crippen LogP contribution in [0.25, 0.3) is 21.7 Å². The molecule has 3 heterocycles. The van der Waals surface area contributed by atoms with Gasteiger partial charge in [-0.3, -0.25) is 0 Å². The standard InChI is InChI=1S/C71H75BN4S/c1-67(2,3)49-32-30-47(31-33-49)46-26-28-48(29-27-46)65-73-64-66(77-65)76(57-41-52(70(10,11)12)40-53(42-57)71(13,14)15)62-45-58(74(54-22-18-16-19-23-54)55-24-20-17-21-25-55)44-61-63(62)72(64)59-43-51(69(7,8)9)36-39-60(59)75(61)56-37-34-50(35-38-56)68(4,5)6/h16-45H,1-15H3. The summed E-state index contributed by atoms with van der Waals surface area (Å²) in [5.74, 6) is 0. The van der Waals surface area contributed by atoms with Gasteiger partial charge in [0.15, 0.2) is 0 Å². The van der Waals surface area contributed by atoms with Crippen LogP contribution in [0.1, 0.15) is 132 Å². The van der Waals surface area contributed by atoms with E-state index in [1.165, 1.54) is 55.6 Å². The molecule has 0 aliphatic carbocycles. The first-order chi connectivity index (χ1) is 36.3. The quantitative estimate of drug-likeness (QED) is 0.148. The third kappa shape index (κ3) is 9.73. The molecule has 0 atom stereocenters. The van der Waals surface area contributed by atoms with E-state index in [1.54, 1.807) is 0 Å². The van der Waals surface area contributed by atoms with E-state index >= 15 is 0 Å². The van der Waals surface area contributed by atoms with Gasteiger partial charge in [0.25, 0.3) is 6.71 Å². The number of hydrogen-bond acceptors (Lipinski definition) is 5. The zero-order valence-electron chi connectivity index (χ0n) is 48.1. The minimum Gasteiger partial charge on any atom is -0.311 e. The van der Waals surface area contributed by atoms with Gasteiger partial charge in [0.05, 0.1) is 11.3 Å². The molecule has 77 heavy (non-hydrogen) atoms. The number of rotatable bonds is 7. The van der Waals surface area contributed by atoms with Crippen molar-refractivity contribution in [3.63, 3.8) is 0 Å². The van der Waals surface area contributed by atoms with Crippen LogP contribution >= 0.6 is 11.3 Å². The van der Waals surface area contributed by atoms with Gasteiger partial charge in [0, 0.05) is 45.4 Å². The summed E-state index contributed by atoms with van der Waals surface area (Å²) in [5, 5.41) is 2.16. The predicted molar refractivity (Wildman–Crippen MR) is 335 cm³/mol. The molecule has 0 unspecified atom stereocenters. The van der Waals surface area contributed by atoms with Crippen LogP contribution in [0, 0.1) is 0 Å². The first-order valence-electron chi connectivity index (χ1n) is 27.6. The van der Waals surface area contributed by atoms with E-state index in [9.17, 15) is 0 Å². The van der Waals surface area contributed by atoms with Crippen molar-refractivity contribution >= 4 is 85.1 Å². The fourth-order valence-electron chi connectivity index (χ4n) is 11.2. The van der Waals surface area contributed by atoms with Crippen molar-refractivity contribution in [3.8, 4) is 21.7 Å². The second kappa shape index (κ2) is 18.8. The minimum atomic E-state index is -0.164. The van der Waals surface area contributed by atoms with Crippen molar-refractivity contribution in [2.24, 2.45) is 0 Å². The fraction of sp³-hybridized carbons (Fsp3) is 0.282. The van der Waals surface area contributed by atoms with Gasteiger partial charge in [-0.2, -0.15) is 0 Å². The van der Waals surface area contributed by atoms with E-state index in [0.29, 0.717) is 0 Å². The van der Waals surface area contributed by atoms with E-state index < -0.39 is 0 Å². The van der Waals surface area contributed by atoms with Crippen LogP contribution < -0.4 is 31.2 Å². The molecule has 0 bridgehead atoms. The Bertz CT molecular complexity index is 3560. The maximum atomic E-state index is 5.93. The lowest BCUT2D eigenvalue weighted by atomic mass is 9.35. The van der Waals surface area contributed by atoms with Gasteiger partial charge in [-0.1, -0.05) is 230 Å². The smallest absolute Gasteiger partial charge is 0.276 e. The first-order valence-corrected chi connectivity index (χ1v) is 28.5. The number of benzene rings is 8. The number of aromatic nitrogens is 1. The molecule has 0 N–H and O–H groups in total. The Morgan fingerprint density at radius 3 is 1.31 bits per heavy atom. The molecular formula is C71H75BN4S. The van der Waals surface area contributed by atoms with Gasteiger partial charge in [0.2, 0.25) is 0 Å². The van der Waals surface area contributed by atoms with E-state index in [0.717, 1.165) is 61.0 Å². The lowest BCUT2D eigenvalue weighted by molar-refractivity contribution is 0.569. The first kappa shape index (κ1) is 51.9. The fourth-order valence-corrected chi connectivity index (χ4v) is 12.3. The number of hydrogen-bond donors (Lipinski definition) is 0. The Morgan fingerprint density at radius 1 is 0.377 bits per heavy atom. The van der Waals surface area contributed by atoms with Crippen molar-refractivity contribution < 1.29 is 0 Å². The number of anilines is 9. The third-order valence-corrected chi connectivity index (χ3v) is 17.0. The highest BCUT2D eigenvalue weighted by Crippen LogP contribution is 2.51. The van der Waals surface area contributed by atoms with Crippen LogP contribution in [0.3, 0.4) is 0 Å². The third-order valence-electron chi connectivity index (χ3n) is 15.9. The van der Waals surface area contributed by atoms with Crippen LogP contribution in [-0.4, -0.2) is 11.7 Å². The van der Waals surface area contributed by atoms with Crippen molar-refractivity contribution in [1.82, 2.24) is 4.98 Å². The van der Waals surface area contributed by atoms with Gasteiger partial charge < -0.3 is 14.7 Å². The van der Waals surface area contributed by atoms with Gasteiger partial charge in [-0.15, -0.1) is 0 Å². The molecule has 0 saturated carbocycles. The predicted octanol–water partition coefficient (Wildman–Crippen LogP) is 18.5. The van der Waals surface area contributed by atoms with Crippen molar-refractivity contribution in [1.29, 1.82) is 0 Å². The molecule has 8 aromatic carbocycles. The van der Waals surface area contributed by atoms with Crippen LogP contribution in [0.4, 0.5) is 50.5 Å². The molecule has 0 saturated heterocycles. The normalized spacial score (nSPS) is 13.6. The topological polar surface area (TPSA) is 22.6 Å². The SMILES string of the molecule is CC(C)(C)c1ccc(-c2ccc(-c3nc4c(s3)N(c3cc(C(C)(C)C)cc(C(C)(C)C)c3)c3cc(N(c5ccccc5)c5ccccc5)cc5c3B4c3cc(C(C)(C)C)ccc3N5c3ccc(C(C)(C)C)cc3)cc2)cc1. The van der Waals surface area contributed by atoms with Crippen molar-refractivity contribution in [2.45, 2.75) is 131 Å². The molecule has 6 heteroatoms. The maximum absolute atomic E-state index is 5.93. The van der Waals surface area contributed by atoms with Gasteiger partial charge >= 0.3 is 0 Å². The summed E-state index contributed by atoms with van der Waals surface area (Å²) in [6, 6.07) is 68.8. The zero-order valence-corrected chi connectivity index (χ0v) is 48.9. The molecular weight excluding hydrogens is 952 g/mol. The van der Waals surface area contributed by atoms with Gasteiger partial charge in [-0.25, -0.2) is 4.98 Å². The van der Waals surface area contributed by atoms with Crippen LogP contribution in [0.5, 0.6) is 0 Å². The highest BCUT2D eigenvalue weighted by Gasteiger charge is 2.47. The molecule has 0 radical (unpaired) electrons. The highest BCUT2D eigenvalue weighted by atomic mass is 32.1. The average Bonchev–Trinajstić information content (AvgIpc) is 3.88. The Hall–Kier alpha value is -7.15. The van der Waals surface area contributed by atoms with Crippen molar-refractivity contribution in [3.05, 3.63) is 210 Å². The number of thiazole rings is 1. The summed E-state index contributed by atoms with van der Waals surface area (Å²) in [6.45, 7) is 34.6. The van der Waals surface area contributed by atoms with E-state index in [1.807, 2.05) is 11.3 Å². The zero-order chi connectivity index (χ0) is 54.6. The molecule has 2 aliphatic heterocycles. The lowest BCUT2D eigenvalue weighted by Gasteiger charge is -2.44. The highest BCUT2D eigenvalue weighted by molar-refractivity contribution is 7.22. The number of fused-ring (bicyclic) bond motifs is 4. The summed E-state index contributed by atoms with van der Waals surface area (Å²) in [4.78, 5) is 13.5. The molecule has 0 fully saturated rings. The summed E-state index contributed by atoms with van der Waals surface area (Å²) in [5.41, 5.74) is 22.5. The summed E-state index contributed by atoms with van der Waals surface area (Å²) < 4.78 is 0. The van der Waals surface area contributed by atoms with Crippen LogP contribution in [0.2, 0.25) is 0 Å². The molecule has 0 amide bonds. The summed E-state index contributed by atoms with van der Waals surface area (Å²) in [7, 11) is 0. The van der Waals surface area contributed by atoms with E-state index in [4.69, 9.17) is 4.98 Å². The summed E-state index contributed by atoms with van der Waals surface area (Å²) >= 11 is 1.82. The molecule has 0 spiro atoms. The monoisotopic (exact) mass is 1030 g/mol. The Balaban J connectivity index is 1.24. The molecule has 4 nitrogen and oxygen atoms in total. The Kier molecular flexibility index (Phi) is 12.7. The van der Waals surface area contributed by atoms with Gasteiger partial charge in [0.1, 0.15) is 10.0 Å². The minimum absolute atomic E-state index is 0.000735. The summed E-state index contributed by atoms with van der Waals surface area (Å²) in [6.07, 6.45) is 0. The molecule has 9 aromatic rings. The maximum Gasteiger partial charge on any atom is 0.276 e. The van der Waals surface area contributed by atoms with Crippen molar-refractivity contribution in [2.75, 3.05) is 14.7 Å². The Morgan fingerprint density at radius 2 is 0.818 bits per heavy atom. The molecule has 388 valence electrons. The molecule has 11 rings (SSSR count). The number of nitrogens with zero attached hydrogens (tertiary/aromatic N) is 4. The van der Waals surface area contributed by atoms with Gasteiger partial charge in [-0.05, 0) is 144 Å². The number of para-hydroxylation sites is 2. The second-order valence-electron chi connectivity index (χ2n) is 26.7. The van der Waals surface area contributed by atoms with E-state index in [2.05, 4.69) is 301 Å². The molecule has 2 aliphatic rings.